The second-order valence-electron chi connectivity index (χ2n) is 8.98. The molecule has 3 aromatic carbocycles. The molecule has 0 saturated carbocycles. The van der Waals surface area contributed by atoms with Crippen LogP contribution < -0.4 is 0 Å². The summed E-state index contributed by atoms with van der Waals surface area (Å²) in [6.45, 7) is 6.77. The molecule has 0 unspecified atom stereocenters. The van der Waals surface area contributed by atoms with Crippen molar-refractivity contribution < 1.29 is 9.53 Å². The predicted molar refractivity (Wildman–Crippen MR) is 136 cm³/mol. The molecule has 4 rings (SSSR count). The molecule has 1 heterocycles. The minimum atomic E-state index is -0.281. The van der Waals surface area contributed by atoms with Gasteiger partial charge in [-0.15, -0.1) is 0 Å². The SMILES string of the molecule is COC(=O)[C@H](CN(Cc1ccccc1)Cc1ccccc1)N1CCN(Cc2ccccc2)CC1. The number of rotatable bonds is 10. The maximum atomic E-state index is 12.9. The zero-order chi connectivity index (χ0) is 23.6. The third-order valence-corrected chi connectivity index (χ3v) is 6.50. The van der Waals surface area contributed by atoms with Crippen LogP contribution in [0.25, 0.3) is 0 Å². The summed E-state index contributed by atoms with van der Waals surface area (Å²) in [5.74, 6) is -0.150. The summed E-state index contributed by atoms with van der Waals surface area (Å²) < 4.78 is 5.27. The van der Waals surface area contributed by atoms with Crippen LogP contribution in [0.5, 0.6) is 0 Å². The maximum Gasteiger partial charge on any atom is 0.324 e. The van der Waals surface area contributed by atoms with E-state index in [1.807, 2.05) is 12.1 Å². The van der Waals surface area contributed by atoms with Crippen molar-refractivity contribution in [2.45, 2.75) is 25.7 Å². The predicted octanol–water partition coefficient (Wildman–Crippen LogP) is 4.05. The fourth-order valence-corrected chi connectivity index (χ4v) is 4.66. The van der Waals surface area contributed by atoms with Crippen LogP contribution >= 0.6 is 0 Å². The van der Waals surface area contributed by atoms with Gasteiger partial charge < -0.3 is 4.74 Å². The van der Waals surface area contributed by atoms with E-state index in [0.717, 1.165) is 45.8 Å². The van der Waals surface area contributed by atoms with Crippen LogP contribution in [-0.2, 0) is 29.2 Å². The molecule has 0 radical (unpaired) electrons. The molecule has 34 heavy (non-hydrogen) atoms. The van der Waals surface area contributed by atoms with E-state index in [2.05, 4.69) is 93.6 Å². The lowest BCUT2D eigenvalue weighted by Crippen LogP contribution is -2.56. The molecule has 178 valence electrons. The van der Waals surface area contributed by atoms with Crippen LogP contribution in [0.3, 0.4) is 0 Å². The summed E-state index contributed by atoms with van der Waals surface area (Å²) in [5, 5.41) is 0. The lowest BCUT2D eigenvalue weighted by atomic mass is 10.1. The van der Waals surface area contributed by atoms with Crippen molar-refractivity contribution >= 4 is 5.97 Å². The van der Waals surface area contributed by atoms with Crippen LogP contribution in [0, 0.1) is 0 Å². The van der Waals surface area contributed by atoms with Crippen LogP contribution in [-0.4, -0.2) is 66.5 Å². The second kappa shape index (κ2) is 12.5. The van der Waals surface area contributed by atoms with Gasteiger partial charge in [0.05, 0.1) is 7.11 Å². The van der Waals surface area contributed by atoms with Crippen molar-refractivity contribution in [1.29, 1.82) is 0 Å². The number of nitrogens with zero attached hydrogens (tertiary/aromatic N) is 3. The summed E-state index contributed by atoms with van der Waals surface area (Å²) in [5.41, 5.74) is 3.82. The lowest BCUT2D eigenvalue weighted by molar-refractivity contribution is -0.148. The normalized spacial score (nSPS) is 15.8. The molecule has 0 N–H and O–H groups in total. The van der Waals surface area contributed by atoms with E-state index in [0.29, 0.717) is 6.54 Å². The molecule has 0 spiro atoms. The number of carbonyl (C=O) groups is 1. The molecule has 0 aliphatic carbocycles. The van der Waals surface area contributed by atoms with Gasteiger partial charge in [-0.05, 0) is 16.7 Å². The molecular formula is C29H35N3O2. The molecular weight excluding hydrogens is 422 g/mol. The number of hydrogen-bond donors (Lipinski definition) is 0. The van der Waals surface area contributed by atoms with Gasteiger partial charge >= 0.3 is 5.97 Å². The zero-order valence-electron chi connectivity index (χ0n) is 20.1. The molecule has 1 saturated heterocycles. The fourth-order valence-electron chi connectivity index (χ4n) is 4.66. The van der Waals surface area contributed by atoms with Crippen molar-refractivity contribution in [3.63, 3.8) is 0 Å². The first kappa shape index (κ1) is 24.1. The highest BCUT2D eigenvalue weighted by molar-refractivity contribution is 5.76. The average Bonchev–Trinajstić information content (AvgIpc) is 2.89. The molecule has 1 aliphatic rings. The van der Waals surface area contributed by atoms with Crippen molar-refractivity contribution in [2.24, 2.45) is 0 Å². The monoisotopic (exact) mass is 457 g/mol. The Hall–Kier alpha value is -2.99. The van der Waals surface area contributed by atoms with Gasteiger partial charge in [0.15, 0.2) is 0 Å². The highest BCUT2D eigenvalue weighted by atomic mass is 16.5. The van der Waals surface area contributed by atoms with E-state index < -0.39 is 0 Å². The molecule has 5 nitrogen and oxygen atoms in total. The van der Waals surface area contributed by atoms with Gasteiger partial charge in [-0.25, -0.2) is 0 Å². The van der Waals surface area contributed by atoms with Crippen molar-refractivity contribution in [2.75, 3.05) is 39.8 Å². The van der Waals surface area contributed by atoms with Crippen LogP contribution in [0.4, 0.5) is 0 Å². The van der Waals surface area contributed by atoms with E-state index in [1.54, 1.807) is 0 Å². The molecule has 0 aromatic heterocycles. The van der Waals surface area contributed by atoms with E-state index in [4.69, 9.17) is 4.74 Å². The molecule has 3 aromatic rings. The average molecular weight is 458 g/mol. The molecule has 5 heteroatoms. The Balaban J connectivity index is 1.43. The Kier molecular flexibility index (Phi) is 8.85. The molecule has 0 bridgehead atoms. The minimum Gasteiger partial charge on any atom is -0.468 e. The Morgan fingerprint density at radius 3 is 1.71 bits per heavy atom. The third-order valence-electron chi connectivity index (χ3n) is 6.50. The lowest BCUT2D eigenvalue weighted by Gasteiger charge is -2.39. The fraction of sp³-hybridized carbons (Fsp3) is 0.345. The summed E-state index contributed by atoms with van der Waals surface area (Å²) in [4.78, 5) is 20.0. The highest BCUT2D eigenvalue weighted by Crippen LogP contribution is 2.16. The van der Waals surface area contributed by atoms with E-state index in [1.165, 1.54) is 23.8 Å². The minimum absolute atomic E-state index is 0.150. The molecule has 1 atom stereocenters. The molecule has 0 amide bonds. The van der Waals surface area contributed by atoms with E-state index in [-0.39, 0.29) is 12.0 Å². The first-order valence-corrected chi connectivity index (χ1v) is 12.1. The zero-order valence-corrected chi connectivity index (χ0v) is 20.1. The standard InChI is InChI=1S/C29H35N3O2/c1-34-29(33)28(32-19-17-30(18-20-32)21-25-11-5-2-6-12-25)24-31(22-26-13-7-3-8-14-26)23-27-15-9-4-10-16-27/h2-16,28H,17-24H2,1H3/t28-/m0/s1. The Bertz CT molecular complexity index is 948. The summed E-state index contributed by atoms with van der Waals surface area (Å²) in [6.07, 6.45) is 0. The second-order valence-corrected chi connectivity index (χ2v) is 8.98. The first-order chi connectivity index (χ1) is 16.7. The summed E-state index contributed by atoms with van der Waals surface area (Å²) >= 11 is 0. The quantitative estimate of drug-likeness (QED) is 0.429. The van der Waals surface area contributed by atoms with Gasteiger partial charge in [0.25, 0.3) is 0 Å². The Morgan fingerprint density at radius 2 is 1.24 bits per heavy atom. The van der Waals surface area contributed by atoms with Crippen molar-refractivity contribution in [3.8, 4) is 0 Å². The van der Waals surface area contributed by atoms with Gasteiger partial charge in [-0.2, -0.15) is 0 Å². The number of methoxy groups -OCH3 is 1. The van der Waals surface area contributed by atoms with E-state index >= 15 is 0 Å². The molecule has 1 fully saturated rings. The van der Waals surface area contributed by atoms with Gasteiger partial charge in [0.2, 0.25) is 0 Å². The van der Waals surface area contributed by atoms with Gasteiger partial charge in [0.1, 0.15) is 6.04 Å². The number of esters is 1. The number of ether oxygens (including phenoxy) is 1. The number of carbonyl (C=O) groups excluding carboxylic acids is 1. The van der Waals surface area contributed by atoms with Gasteiger partial charge in [-0.3, -0.25) is 19.5 Å². The summed E-state index contributed by atoms with van der Waals surface area (Å²) in [7, 11) is 1.50. The smallest absolute Gasteiger partial charge is 0.324 e. The number of piperazine rings is 1. The Labute approximate surface area is 203 Å². The van der Waals surface area contributed by atoms with Crippen LogP contribution in [0.2, 0.25) is 0 Å². The van der Waals surface area contributed by atoms with E-state index in [9.17, 15) is 4.79 Å². The van der Waals surface area contributed by atoms with Crippen LogP contribution in [0.1, 0.15) is 16.7 Å². The van der Waals surface area contributed by atoms with Gasteiger partial charge in [-0.1, -0.05) is 91.0 Å². The third kappa shape index (κ3) is 7.00. The largest absolute Gasteiger partial charge is 0.468 e. The first-order valence-electron chi connectivity index (χ1n) is 12.1. The number of hydrogen-bond acceptors (Lipinski definition) is 5. The highest BCUT2D eigenvalue weighted by Gasteiger charge is 2.31. The molecule has 1 aliphatic heterocycles. The maximum absolute atomic E-state index is 12.9. The van der Waals surface area contributed by atoms with Crippen LogP contribution in [0.15, 0.2) is 91.0 Å². The Morgan fingerprint density at radius 1 is 0.765 bits per heavy atom. The summed E-state index contributed by atoms with van der Waals surface area (Å²) in [6, 6.07) is 31.2. The number of benzene rings is 3. The topological polar surface area (TPSA) is 36.0 Å². The van der Waals surface area contributed by atoms with Crippen molar-refractivity contribution in [3.05, 3.63) is 108 Å². The van der Waals surface area contributed by atoms with Gasteiger partial charge in [0, 0.05) is 52.4 Å². The van der Waals surface area contributed by atoms with Crippen molar-refractivity contribution in [1.82, 2.24) is 14.7 Å².